The number of amides is 1. The molecule has 1 amide bonds. The zero-order valence-electron chi connectivity index (χ0n) is 20.2. The Labute approximate surface area is 212 Å². The van der Waals surface area contributed by atoms with Crippen LogP contribution in [0, 0.1) is 0 Å². The van der Waals surface area contributed by atoms with Crippen molar-refractivity contribution in [3.05, 3.63) is 53.6 Å². The molecular weight excluding hydrogens is 506 g/mol. The van der Waals surface area contributed by atoms with Crippen molar-refractivity contribution in [2.75, 3.05) is 51.8 Å². The van der Waals surface area contributed by atoms with Crippen LogP contribution in [0.3, 0.4) is 0 Å². The normalized spacial score (nSPS) is 18.0. The number of benzene rings is 2. The van der Waals surface area contributed by atoms with Crippen molar-refractivity contribution in [3.8, 4) is 5.75 Å². The van der Waals surface area contributed by atoms with Crippen LogP contribution in [0.25, 0.3) is 0 Å². The van der Waals surface area contributed by atoms with Crippen LogP contribution in [0.5, 0.6) is 5.75 Å². The fraction of sp³-hybridized carbons (Fsp3) is 0.458. The van der Waals surface area contributed by atoms with E-state index in [1.165, 1.54) is 33.9 Å². The summed E-state index contributed by atoms with van der Waals surface area (Å²) >= 11 is 0. The maximum atomic E-state index is 13.0. The lowest BCUT2D eigenvalue weighted by Crippen LogP contribution is -2.40. The Hall–Kier alpha value is -2.51. The fourth-order valence-corrected chi connectivity index (χ4v) is 7.32. The minimum Gasteiger partial charge on any atom is -0.495 e. The maximum absolute atomic E-state index is 13.0. The van der Waals surface area contributed by atoms with Crippen LogP contribution in [0.15, 0.2) is 47.4 Å². The molecule has 0 aliphatic carbocycles. The first kappa shape index (κ1) is 26.6. The maximum Gasteiger partial charge on any atom is 0.255 e. The summed E-state index contributed by atoms with van der Waals surface area (Å²) in [6.45, 7) is 2.27. The monoisotopic (exact) mass is 537 g/mol. The van der Waals surface area contributed by atoms with Crippen LogP contribution in [-0.4, -0.2) is 77.9 Å². The molecule has 2 aromatic carbocycles. The van der Waals surface area contributed by atoms with Gasteiger partial charge in [-0.1, -0.05) is 18.6 Å². The number of carbonyl (C=O) groups is 1. The molecule has 4 rings (SSSR count). The minimum atomic E-state index is -3.76. The molecule has 196 valence electrons. The number of nitrogens with zero attached hydrogens (tertiary/aromatic N) is 2. The van der Waals surface area contributed by atoms with Gasteiger partial charge in [0.25, 0.3) is 5.91 Å². The Balaban J connectivity index is 1.48. The molecule has 0 aromatic heterocycles. The summed E-state index contributed by atoms with van der Waals surface area (Å²) in [5, 5.41) is 2.71. The summed E-state index contributed by atoms with van der Waals surface area (Å²) in [4.78, 5) is 13.0. The molecule has 1 N–H and O–H groups in total. The summed E-state index contributed by atoms with van der Waals surface area (Å²) in [6, 6.07) is 10.7. The van der Waals surface area contributed by atoms with Crippen LogP contribution >= 0.6 is 0 Å². The highest BCUT2D eigenvalue weighted by atomic mass is 32.2. The van der Waals surface area contributed by atoms with E-state index in [1.54, 1.807) is 24.3 Å². The van der Waals surface area contributed by atoms with Crippen LogP contribution in [0.2, 0.25) is 0 Å². The van der Waals surface area contributed by atoms with Gasteiger partial charge in [-0.2, -0.15) is 4.31 Å². The number of methoxy groups -OCH3 is 1. The molecule has 2 aromatic rings. The van der Waals surface area contributed by atoms with Crippen molar-refractivity contribution >= 4 is 31.6 Å². The van der Waals surface area contributed by atoms with Gasteiger partial charge >= 0.3 is 0 Å². The number of hydrogen-bond acceptors (Lipinski definition) is 7. The number of carbonyl (C=O) groups excluding carboxylic acids is 1. The van der Waals surface area contributed by atoms with Gasteiger partial charge in [0.2, 0.25) is 20.0 Å². The lowest BCUT2D eigenvalue weighted by molar-refractivity contribution is 0.0730. The molecule has 10 nitrogen and oxygen atoms in total. The molecule has 2 fully saturated rings. The largest absolute Gasteiger partial charge is 0.495 e. The Bertz CT molecular complexity index is 1280. The van der Waals surface area contributed by atoms with E-state index in [0.29, 0.717) is 43.2 Å². The van der Waals surface area contributed by atoms with E-state index in [9.17, 15) is 21.6 Å². The Morgan fingerprint density at radius 3 is 2.22 bits per heavy atom. The second-order valence-electron chi connectivity index (χ2n) is 8.75. The lowest BCUT2D eigenvalue weighted by Gasteiger charge is -2.26. The van der Waals surface area contributed by atoms with Gasteiger partial charge in [-0.15, -0.1) is 0 Å². The lowest BCUT2D eigenvalue weighted by atomic mass is 10.1. The molecular formula is C24H31N3O7S2. The van der Waals surface area contributed by atoms with Gasteiger partial charge in [0.1, 0.15) is 5.75 Å². The number of morpholine rings is 1. The topological polar surface area (TPSA) is 122 Å². The number of rotatable bonds is 8. The minimum absolute atomic E-state index is 0.0405. The summed E-state index contributed by atoms with van der Waals surface area (Å²) in [6.07, 6.45) is 2.79. The van der Waals surface area contributed by atoms with Crippen LogP contribution in [0.4, 0.5) is 5.69 Å². The number of nitrogens with one attached hydrogen (secondary N) is 1. The number of hydrogen-bond donors (Lipinski definition) is 1. The molecule has 0 atom stereocenters. The second kappa shape index (κ2) is 11.3. The highest BCUT2D eigenvalue weighted by Crippen LogP contribution is 2.30. The van der Waals surface area contributed by atoms with E-state index in [1.807, 2.05) is 0 Å². The number of piperidine rings is 1. The molecule has 2 saturated heterocycles. The van der Waals surface area contributed by atoms with Gasteiger partial charge in [-0.3, -0.25) is 4.79 Å². The summed E-state index contributed by atoms with van der Waals surface area (Å²) < 4.78 is 64.9. The highest BCUT2D eigenvalue weighted by Gasteiger charge is 2.28. The molecule has 0 bridgehead atoms. The molecule has 0 unspecified atom stereocenters. The first-order valence-electron chi connectivity index (χ1n) is 11.8. The van der Waals surface area contributed by atoms with Gasteiger partial charge in [0.15, 0.2) is 0 Å². The standard InChI is InChI=1S/C24H31N3O7S2/c1-33-23-10-9-21(36(31,32)27-13-15-34-16-14-27)17-22(23)25-24(28)20-7-5-19(6-8-20)18-35(29,30)26-11-3-2-4-12-26/h5-10,17H,2-4,11-16,18H2,1H3,(H,25,28). The predicted molar refractivity (Wildman–Crippen MR) is 135 cm³/mol. The van der Waals surface area contributed by atoms with E-state index in [-0.39, 0.29) is 29.4 Å². The number of anilines is 1. The zero-order valence-corrected chi connectivity index (χ0v) is 21.8. The summed E-state index contributed by atoms with van der Waals surface area (Å²) in [7, 11) is -5.74. The third-order valence-corrected chi connectivity index (χ3v) is 10.0. The van der Waals surface area contributed by atoms with Gasteiger partial charge in [0, 0.05) is 31.7 Å². The smallest absolute Gasteiger partial charge is 0.255 e. The predicted octanol–water partition coefficient (Wildman–Crippen LogP) is 2.28. The molecule has 2 aliphatic rings. The van der Waals surface area contributed by atoms with Crippen molar-refractivity contribution in [1.82, 2.24) is 8.61 Å². The zero-order chi connectivity index (χ0) is 25.8. The van der Waals surface area contributed by atoms with Crippen LogP contribution in [0.1, 0.15) is 35.2 Å². The van der Waals surface area contributed by atoms with Crippen molar-refractivity contribution < 1.29 is 31.1 Å². The average Bonchev–Trinajstić information content (AvgIpc) is 2.90. The third kappa shape index (κ3) is 6.06. The Morgan fingerprint density at radius 2 is 1.58 bits per heavy atom. The van der Waals surface area contributed by atoms with E-state index >= 15 is 0 Å². The van der Waals surface area contributed by atoms with Crippen molar-refractivity contribution in [2.45, 2.75) is 29.9 Å². The Morgan fingerprint density at radius 1 is 0.917 bits per heavy atom. The van der Waals surface area contributed by atoms with Gasteiger partial charge in [-0.05, 0) is 48.7 Å². The third-order valence-electron chi connectivity index (χ3n) is 6.30. The van der Waals surface area contributed by atoms with Crippen LogP contribution < -0.4 is 10.1 Å². The molecule has 12 heteroatoms. The summed E-state index contributed by atoms with van der Waals surface area (Å²) in [5.41, 5.74) is 1.11. The fourth-order valence-electron chi connectivity index (χ4n) is 4.27. The molecule has 0 saturated carbocycles. The molecule has 0 spiro atoms. The van der Waals surface area contributed by atoms with E-state index in [4.69, 9.17) is 9.47 Å². The SMILES string of the molecule is COc1ccc(S(=O)(=O)N2CCOCC2)cc1NC(=O)c1ccc(CS(=O)(=O)N2CCCCC2)cc1. The van der Waals surface area contributed by atoms with Crippen molar-refractivity contribution in [3.63, 3.8) is 0 Å². The highest BCUT2D eigenvalue weighted by molar-refractivity contribution is 7.89. The molecule has 2 heterocycles. The van der Waals surface area contributed by atoms with Crippen molar-refractivity contribution in [1.29, 1.82) is 0 Å². The Kier molecular flexibility index (Phi) is 8.30. The van der Waals surface area contributed by atoms with Gasteiger partial charge in [-0.25, -0.2) is 21.1 Å². The van der Waals surface area contributed by atoms with Gasteiger partial charge in [0.05, 0.1) is 36.7 Å². The van der Waals surface area contributed by atoms with Crippen LogP contribution in [-0.2, 0) is 30.5 Å². The molecule has 36 heavy (non-hydrogen) atoms. The quantitative estimate of drug-likeness (QED) is 0.548. The number of sulfonamides is 2. The first-order valence-corrected chi connectivity index (χ1v) is 14.9. The van der Waals surface area contributed by atoms with E-state index in [2.05, 4.69) is 5.32 Å². The second-order valence-corrected chi connectivity index (χ2v) is 12.7. The van der Waals surface area contributed by atoms with Crippen molar-refractivity contribution in [2.24, 2.45) is 0 Å². The number of ether oxygens (including phenoxy) is 2. The molecule has 0 radical (unpaired) electrons. The molecule has 2 aliphatic heterocycles. The average molecular weight is 538 g/mol. The summed E-state index contributed by atoms with van der Waals surface area (Å²) in [5.74, 6) is -0.280. The van der Waals surface area contributed by atoms with E-state index in [0.717, 1.165) is 19.3 Å². The first-order chi connectivity index (χ1) is 17.2. The van der Waals surface area contributed by atoms with E-state index < -0.39 is 26.0 Å². The van der Waals surface area contributed by atoms with Gasteiger partial charge < -0.3 is 14.8 Å².